The monoisotopic (exact) mass is 349 g/mol. The molecule has 0 bridgehead atoms. The lowest BCUT2D eigenvalue weighted by Gasteiger charge is -2.32. The van der Waals surface area contributed by atoms with Crippen molar-refractivity contribution in [2.24, 2.45) is 0 Å². The Morgan fingerprint density at radius 1 is 1.17 bits per heavy atom. The van der Waals surface area contributed by atoms with Gasteiger partial charge in [-0.1, -0.05) is 6.92 Å². The molecule has 1 aromatic heterocycles. The zero-order valence-electron chi connectivity index (χ0n) is 15.3. The van der Waals surface area contributed by atoms with Crippen LogP contribution in [0.25, 0.3) is 0 Å². The first kappa shape index (κ1) is 18.0. The van der Waals surface area contributed by atoms with Crippen molar-refractivity contribution in [1.82, 2.24) is 19.8 Å². The van der Waals surface area contributed by atoms with Gasteiger partial charge in [0.1, 0.15) is 0 Å². The first-order valence-corrected chi connectivity index (χ1v) is 10.3. The second-order valence-corrected chi connectivity index (χ2v) is 8.72. The van der Waals surface area contributed by atoms with Crippen LogP contribution in [-0.4, -0.2) is 77.1 Å². The number of hydrogen-bond acceptors (Lipinski definition) is 6. The number of rotatable bonds is 6. The highest BCUT2D eigenvalue weighted by Gasteiger charge is 2.27. The Morgan fingerprint density at radius 2 is 1.88 bits per heavy atom. The summed E-state index contributed by atoms with van der Waals surface area (Å²) < 4.78 is 0. The van der Waals surface area contributed by atoms with E-state index in [9.17, 15) is 0 Å². The van der Waals surface area contributed by atoms with Crippen molar-refractivity contribution in [3.8, 4) is 0 Å². The van der Waals surface area contributed by atoms with Crippen molar-refractivity contribution < 1.29 is 0 Å². The van der Waals surface area contributed by atoms with Crippen molar-refractivity contribution in [1.29, 1.82) is 0 Å². The molecular weight excluding hydrogens is 318 g/mol. The molecule has 2 atom stereocenters. The average Bonchev–Trinajstić information content (AvgIpc) is 3.06. The predicted octanol–water partition coefficient (Wildman–Crippen LogP) is 2.33. The van der Waals surface area contributed by atoms with Gasteiger partial charge in [0.05, 0.1) is 0 Å². The van der Waals surface area contributed by atoms with Gasteiger partial charge >= 0.3 is 0 Å². The lowest BCUT2D eigenvalue weighted by atomic mass is 10.2. The minimum atomic E-state index is 0.714. The summed E-state index contributed by atoms with van der Waals surface area (Å²) in [6.07, 6.45) is 8.06. The summed E-state index contributed by atoms with van der Waals surface area (Å²) in [6.45, 7) is 7.44. The van der Waals surface area contributed by atoms with Gasteiger partial charge in [-0.2, -0.15) is 11.8 Å². The van der Waals surface area contributed by atoms with Crippen LogP contribution in [0.3, 0.4) is 0 Å². The van der Waals surface area contributed by atoms with E-state index in [0.29, 0.717) is 6.04 Å². The van der Waals surface area contributed by atoms with E-state index < -0.39 is 0 Å². The highest BCUT2D eigenvalue weighted by Crippen LogP contribution is 2.32. The third-order valence-electron chi connectivity index (χ3n) is 5.29. The summed E-state index contributed by atoms with van der Waals surface area (Å²) >= 11 is 2.12. The maximum Gasteiger partial charge on any atom is 0.225 e. The molecular formula is C18H31N5S. The number of anilines is 1. The van der Waals surface area contributed by atoms with Gasteiger partial charge in [-0.3, -0.25) is 4.90 Å². The standard InChI is InChI=1S/C18H31N5S/c1-4-24-17-6-5-16(11-17)22(3)14-15-12-19-18(20-13-15)23-9-7-21(2)8-10-23/h12-13,16-17H,4-11,14H2,1-3H3/t16-,17-/m0/s1. The van der Waals surface area contributed by atoms with E-state index in [1.165, 1.54) is 30.6 Å². The van der Waals surface area contributed by atoms with Gasteiger partial charge in [-0.25, -0.2) is 9.97 Å². The van der Waals surface area contributed by atoms with E-state index in [0.717, 1.165) is 43.9 Å². The highest BCUT2D eigenvalue weighted by molar-refractivity contribution is 7.99. The van der Waals surface area contributed by atoms with Gasteiger partial charge in [-0.05, 0) is 39.1 Å². The summed E-state index contributed by atoms with van der Waals surface area (Å²) in [5.74, 6) is 2.12. The number of likely N-dealkylation sites (N-methyl/N-ethyl adjacent to an activating group) is 1. The van der Waals surface area contributed by atoms with E-state index in [1.54, 1.807) is 0 Å². The van der Waals surface area contributed by atoms with Crippen LogP contribution in [-0.2, 0) is 6.54 Å². The summed E-state index contributed by atoms with van der Waals surface area (Å²) in [6, 6.07) is 0.714. The fraction of sp³-hybridized carbons (Fsp3) is 0.778. The predicted molar refractivity (Wildman–Crippen MR) is 103 cm³/mol. The number of piperazine rings is 1. The second-order valence-electron chi connectivity index (χ2n) is 7.14. The van der Waals surface area contributed by atoms with Crippen LogP contribution in [0, 0.1) is 0 Å². The summed E-state index contributed by atoms with van der Waals surface area (Å²) in [5.41, 5.74) is 1.22. The summed E-state index contributed by atoms with van der Waals surface area (Å²) in [5, 5.41) is 0.860. The van der Waals surface area contributed by atoms with Crippen LogP contribution in [0.15, 0.2) is 12.4 Å². The van der Waals surface area contributed by atoms with Gasteiger partial charge < -0.3 is 9.80 Å². The third-order valence-corrected chi connectivity index (χ3v) is 6.53. The van der Waals surface area contributed by atoms with E-state index >= 15 is 0 Å². The lowest BCUT2D eigenvalue weighted by molar-refractivity contribution is 0.237. The van der Waals surface area contributed by atoms with E-state index in [2.05, 4.69) is 57.4 Å². The van der Waals surface area contributed by atoms with Crippen LogP contribution in [0.5, 0.6) is 0 Å². The van der Waals surface area contributed by atoms with Gasteiger partial charge in [-0.15, -0.1) is 0 Å². The Bertz CT molecular complexity index is 501. The van der Waals surface area contributed by atoms with Crippen molar-refractivity contribution in [3.05, 3.63) is 18.0 Å². The fourth-order valence-electron chi connectivity index (χ4n) is 3.72. The molecule has 1 aliphatic carbocycles. The van der Waals surface area contributed by atoms with Gasteiger partial charge in [0.15, 0.2) is 0 Å². The largest absolute Gasteiger partial charge is 0.338 e. The number of hydrogen-bond donors (Lipinski definition) is 0. The molecule has 3 rings (SSSR count). The molecule has 0 unspecified atom stereocenters. The Labute approximate surface area is 150 Å². The van der Waals surface area contributed by atoms with Crippen molar-refractivity contribution >= 4 is 17.7 Å². The van der Waals surface area contributed by atoms with Gasteiger partial charge in [0, 0.05) is 62.0 Å². The fourth-order valence-corrected chi connectivity index (χ4v) is 4.85. The summed E-state index contributed by atoms with van der Waals surface area (Å²) in [7, 11) is 4.42. The molecule has 24 heavy (non-hydrogen) atoms. The van der Waals surface area contributed by atoms with E-state index in [1.807, 2.05) is 12.4 Å². The molecule has 2 heterocycles. The molecule has 0 N–H and O–H groups in total. The van der Waals surface area contributed by atoms with Crippen molar-refractivity contribution in [2.45, 2.75) is 44.0 Å². The van der Waals surface area contributed by atoms with Gasteiger partial charge in [0.25, 0.3) is 0 Å². The maximum atomic E-state index is 4.62. The number of aromatic nitrogens is 2. The molecule has 134 valence electrons. The minimum Gasteiger partial charge on any atom is -0.338 e. The maximum absolute atomic E-state index is 4.62. The second kappa shape index (κ2) is 8.50. The minimum absolute atomic E-state index is 0.714. The number of thioether (sulfide) groups is 1. The molecule has 1 saturated carbocycles. The molecule has 0 radical (unpaired) electrons. The highest BCUT2D eigenvalue weighted by atomic mass is 32.2. The van der Waals surface area contributed by atoms with Crippen LogP contribution in [0.1, 0.15) is 31.7 Å². The quantitative estimate of drug-likeness (QED) is 0.784. The molecule has 1 saturated heterocycles. The Morgan fingerprint density at radius 3 is 2.54 bits per heavy atom. The molecule has 1 aromatic rings. The molecule has 6 heteroatoms. The van der Waals surface area contributed by atoms with Crippen molar-refractivity contribution in [2.75, 3.05) is 50.9 Å². The zero-order valence-corrected chi connectivity index (χ0v) is 16.1. The Hall–Kier alpha value is -0.850. The Kier molecular flexibility index (Phi) is 6.36. The average molecular weight is 350 g/mol. The third kappa shape index (κ3) is 4.61. The van der Waals surface area contributed by atoms with Crippen LogP contribution in [0.2, 0.25) is 0 Å². The molecule has 1 aliphatic heterocycles. The number of nitrogens with zero attached hydrogens (tertiary/aromatic N) is 5. The first-order valence-electron chi connectivity index (χ1n) is 9.22. The lowest BCUT2D eigenvalue weighted by Crippen LogP contribution is -2.45. The molecule has 5 nitrogen and oxygen atoms in total. The van der Waals surface area contributed by atoms with Crippen molar-refractivity contribution in [3.63, 3.8) is 0 Å². The zero-order chi connectivity index (χ0) is 16.9. The Balaban J connectivity index is 1.51. The topological polar surface area (TPSA) is 35.5 Å². The molecule has 2 aliphatic rings. The van der Waals surface area contributed by atoms with Crippen LogP contribution in [0.4, 0.5) is 5.95 Å². The first-order chi connectivity index (χ1) is 11.7. The van der Waals surface area contributed by atoms with Crippen LogP contribution >= 0.6 is 11.8 Å². The molecule has 2 fully saturated rings. The smallest absolute Gasteiger partial charge is 0.225 e. The molecule has 0 amide bonds. The summed E-state index contributed by atoms with van der Waals surface area (Å²) in [4.78, 5) is 16.4. The van der Waals surface area contributed by atoms with Gasteiger partial charge in [0.2, 0.25) is 5.95 Å². The SMILES string of the molecule is CCS[C@H]1CC[C@H](N(C)Cc2cnc(N3CCN(C)CC3)nc2)C1. The van der Waals surface area contributed by atoms with E-state index in [-0.39, 0.29) is 0 Å². The van der Waals surface area contributed by atoms with E-state index in [4.69, 9.17) is 0 Å². The molecule has 0 aromatic carbocycles. The molecule has 0 spiro atoms. The van der Waals surface area contributed by atoms with Crippen LogP contribution < -0.4 is 4.90 Å². The normalized spacial score (nSPS) is 25.6.